The molecule has 10 heteroatoms. The fraction of sp³-hybridized carbons (Fsp3) is 0.882. The lowest BCUT2D eigenvalue weighted by atomic mass is 10.0. The van der Waals surface area contributed by atoms with Crippen LogP contribution in [0.15, 0.2) is 0 Å². The monoisotopic (exact) mass is 446 g/mol. The molecule has 0 saturated heterocycles. The van der Waals surface area contributed by atoms with Crippen molar-refractivity contribution in [3.05, 3.63) is 0 Å². The van der Waals surface area contributed by atoms with Crippen LogP contribution in [0.3, 0.4) is 0 Å². The molecule has 1 saturated carbocycles. The fourth-order valence-electron chi connectivity index (χ4n) is 1.61. The van der Waals surface area contributed by atoms with Gasteiger partial charge >= 0.3 is 9.53 Å². The van der Waals surface area contributed by atoms with Gasteiger partial charge in [0.15, 0.2) is 0 Å². The Morgan fingerprint density at radius 1 is 0.704 bits per heavy atom. The number of hydrogen-bond donors (Lipinski definition) is 4. The summed E-state index contributed by atoms with van der Waals surface area (Å²) in [5, 5.41) is 14.1. The first-order chi connectivity index (χ1) is 12.7. The van der Waals surface area contributed by atoms with Crippen LogP contribution in [0.4, 0.5) is 0 Å². The van der Waals surface area contributed by atoms with Crippen LogP contribution in [-0.2, 0) is 13.3 Å². The molecule has 166 valence electrons. The quantitative estimate of drug-likeness (QED) is 0.352. The summed E-state index contributed by atoms with van der Waals surface area (Å²) in [6.07, 6.45) is 10.2. The fourth-order valence-corrected chi connectivity index (χ4v) is 2.72. The molecule has 0 atom stereocenters. The van der Waals surface area contributed by atoms with E-state index in [4.69, 9.17) is 23.5 Å². The molecule has 1 rings (SSSR count). The second kappa shape index (κ2) is 33.1. The minimum Gasteiger partial charge on any atom is -0.487 e. The molecule has 6 N–H and O–H groups in total. The van der Waals surface area contributed by atoms with E-state index in [1.807, 2.05) is 20.8 Å². The van der Waals surface area contributed by atoms with Gasteiger partial charge in [-0.2, -0.15) is 0 Å². The van der Waals surface area contributed by atoms with Gasteiger partial charge in [0.2, 0.25) is 0 Å². The summed E-state index contributed by atoms with van der Waals surface area (Å²) in [5.41, 5.74) is 8.80. The summed E-state index contributed by atoms with van der Waals surface area (Å²) >= 11 is 7.74. The van der Waals surface area contributed by atoms with Crippen LogP contribution in [-0.4, -0.2) is 49.9 Å². The Morgan fingerprint density at radius 3 is 0.963 bits per heavy atom. The lowest BCUT2D eigenvalue weighted by Crippen LogP contribution is -2.27. The maximum Gasteiger partial charge on any atom is 0.484 e. The van der Waals surface area contributed by atoms with Gasteiger partial charge in [-0.05, 0) is 45.2 Å². The molecule has 0 bridgehead atoms. The molecule has 0 aromatic rings. The zero-order valence-electron chi connectivity index (χ0n) is 17.7. The van der Waals surface area contributed by atoms with Crippen molar-refractivity contribution in [3.8, 4) is 0 Å². The van der Waals surface area contributed by atoms with E-state index in [-0.39, 0.29) is 0 Å². The van der Waals surface area contributed by atoms with Crippen LogP contribution in [0, 0.1) is 0 Å². The van der Waals surface area contributed by atoms with Gasteiger partial charge in [0.05, 0.1) is 0 Å². The van der Waals surface area contributed by atoms with E-state index in [1.54, 1.807) is 0 Å². The second-order valence-corrected chi connectivity index (χ2v) is 7.57. The summed E-state index contributed by atoms with van der Waals surface area (Å²) < 4.78 is 15.7. The highest BCUT2D eigenvalue weighted by molar-refractivity contribution is 7.80. The SMILES string of the molecule is C1CCCCC1.CCC.CCO[SiH](OCC)OCC.NC(O)=S.NC(O)=S. The van der Waals surface area contributed by atoms with E-state index in [0.717, 1.165) is 0 Å². The summed E-state index contributed by atoms with van der Waals surface area (Å²) in [5.74, 6) is 0. The van der Waals surface area contributed by atoms with Gasteiger partial charge in [-0.1, -0.05) is 58.8 Å². The molecule has 1 fully saturated rings. The smallest absolute Gasteiger partial charge is 0.484 e. The molecule has 0 amide bonds. The van der Waals surface area contributed by atoms with E-state index in [9.17, 15) is 0 Å². The predicted molar refractivity (Wildman–Crippen MR) is 125 cm³/mol. The lowest BCUT2D eigenvalue weighted by Gasteiger charge is -2.12. The molecule has 1 aliphatic rings. The molecular formula is C17H42N2O5S2Si. The predicted octanol–water partition coefficient (Wildman–Crippen LogP) is 4.15. The maximum atomic E-state index is 7.56. The number of hydrogen-bond acceptors (Lipinski definition) is 5. The highest BCUT2D eigenvalue weighted by Gasteiger charge is 2.11. The average Bonchev–Trinajstić information content (AvgIpc) is 2.57. The van der Waals surface area contributed by atoms with Gasteiger partial charge in [-0.25, -0.2) is 0 Å². The van der Waals surface area contributed by atoms with Crippen molar-refractivity contribution < 1.29 is 23.5 Å². The molecular weight excluding hydrogens is 404 g/mol. The molecule has 0 aliphatic heterocycles. The largest absolute Gasteiger partial charge is 0.487 e. The number of nitrogens with two attached hydrogens (primary N) is 2. The van der Waals surface area contributed by atoms with E-state index in [1.165, 1.54) is 44.9 Å². The molecule has 7 nitrogen and oxygen atoms in total. The van der Waals surface area contributed by atoms with Crippen molar-refractivity contribution in [1.82, 2.24) is 0 Å². The number of thiocarbonyl (C=S) groups is 2. The Kier molecular flexibility index (Phi) is 41.7. The molecule has 0 radical (unpaired) electrons. The Labute approximate surface area is 178 Å². The van der Waals surface area contributed by atoms with Crippen LogP contribution in [0.2, 0.25) is 0 Å². The highest BCUT2D eigenvalue weighted by Crippen LogP contribution is 2.15. The van der Waals surface area contributed by atoms with Crippen molar-refractivity contribution in [2.24, 2.45) is 11.5 Å². The lowest BCUT2D eigenvalue weighted by molar-refractivity contribution is 0.107. The summed E-state index contributed by atoms with van der Waals surface area (Å²) in [6.45, 7) is 12.1. The van der Waals surface area contributed by atoms with Gasteiger partial charge in [0.1, 0.15) is 0 Å². The summed E-state index contributed by atoms with van der Waals surface area (Å²) in [4.78, 5) is 0. The van der Waals surface area contributed by atoms with Crippen molar-refractivity contribution in [3.63, 3.8) is 0 Å². The van der Waals surface area contributed by atoms with Crippen molar-refractivity contribution in [2.75, 3.05) is 19.8 Å². The molecule has 0 aromatic heterocycles. The van der Waals surface area contributed by atoms with Crippen LogP contribution in [0.25, 0.3) is 0 Å². The average molecular weight is 447 g/mol. The first-order valence-electron chi connectivity index (χ1n) is 9.54. The van der Waals surface area contributed by atoms with Crippen molar-refractivity contribution >= 4 is 44.3 Å². The van der Waals surface area contributed by atoms with E-state index in [2.05, 4.69) is 49.8 Å². The first-order valence-corrected chi connectivity index (χ1v) is 11.8. The molecule has 0 aromatic carbocycles. The Hall–Kier alpha value is -0.523. The van der Waals surface area contributed by atoms with E-state index < -0.39 is 19.9 Å². The topological polar surface area (TPSA) is 120 Å². The summed E-state index contributed by atoms with van der Waals surface area (Å²) in [7, 11) is -1.73. The Morgan fingerprint density at radius 2 is 0.852 bits per heavy atom. The van der Waals surface area contributed by atoms with Gasteiger partial charge in [-0.15, -0.1) is 0 Å². The zero-order chi connectivity index (χ0) is 21.9. The van der Waals surface area contributed by atoms with Gasteiger partial charge in [0.25, 0.3) is 10.3 Å². The zero-order valence-corrected chi connectivity index (χ0v) is 20.5. The van der Waals surface area contributed by atoms with Gasteiger partial charge in [0, 0.05) is 19.8 Å². The first kappa shape index (κ1) is 34.0. The third-order valence-electron chi connectivity index (χ3n) is 2.41. The molecule has 0 unspecified atom stereocenters. The molecule has 27 heavy (non-hydrogen) atoms. The minimum atomic E-state index is -1.73. The third-order valence-corrected chi connectivity index (χ3v) is 4.22. The van der Waals surface area contributed by atoms with Crippen LogP contribution < -0.4 is 11.5 Å². The second-order valence-electron chi connectivity index (χ2n) is 5.16. The van der Waals surface area contributed by atoms with Crippen LogP contribution in [0.5, 0.6) is 0 Å². The van der Waals surface area contributed by atoms with Crippen molar-refractivity contribution in [1.29, 1.82) is 0 Å². The highest BCUT2D eigenvalue weighted by atomic mass is 32.1. The normalized spacial score (nSPS) is 11.8. The van der Waals surface area contributed by atoms with E-state index >= 15 is 0 Å². The van der Waals surface area contributed by atoms with Crippen molar-refractivity contribution in [2.45, 2.75) is 79.6 Å². The van der Waals surface area contributed by atoms with E-state index in [0.29, 0.717) is 19.8 Å². The summed E-state index contributed by atoms with van der Waals surface area (Å²) in [6, 6.07) is 0. The Bertz CT molecular complexity index is 255. The molecule has 1 aliphatic carbocycles. The molecule has 0 heterocycles. The Balaban J connectivity index is -0.000000133. The third kappa shape index (κ3) is 67.0. The number of rotatable bonds is 6. The standard InChI is InChI=1S/C6H16O3Si.C6H12.C3H8.2CH3NOS/c1-4-7-10(8-5-2)9-6-3;1-2-4-6-5-3-1;1-3-2;2*2-1(3)4/h10H,4-6H2,1-3H3;1-6H2;3H2,1-2H3;2*(H3,2,3,4). The van der Waals surface area contributed by atoms with Gasteiger partial charge < -0.3 is 35.0 Å². The van der Waals surface area contributed by atoms with Gasteiger partial charge in [-0.3, -0.25) is 0 Å². The minimum absolute atomic E-state index is 0.500. The van der Waals surface area contributed by atoms with Crippen LogP contribution >= 0.6 is 24.4 Å². The molecule has 0 spiro atoms. The van der Waals surface area contributed by atoms with Crippen LogP contribution in [0.1, 0.15) is 79.6 Å². The number of aliphatic hydroxyl groups is 2. The maximum absolute atomic E-state index is 7.56. The number of aliphatic hydroxyl groups excluding tert-OH is 2.